The highest BCUT2D eigenvalue weighted by atomic mass is 19.3. The highest BCUT2D eigenvalue weighted by Crippen LogP contribution is 2.18. The van der Waals surface area contributed by atoms with Gasteiger partial charge in [0.25, 0.3) is 5.91 Å². The van der Waals surface area contributed by atoms with Gasteiger partial charge in [-0.1, -0.05) is 0 Å². The van der Waals surface area contributed by atoms with Crippen LogP contribution < -0.4 is 21.1 Å². The molecule has 23 heavy (non-hydrogen) atoms. The summed E-state index contributed by atoms with van der Waals surface area (Å²) in [6, 6.07) is 10.9. The highest BCUT2D eigenvalue weighted by Gasteiger charge is 2.08. The molecule has 0 aromatic heterocycles. The molecule has 0 saturated carbocycles. The lowest BCUT2D eigenvalue weighted by atomic mass is 10.2. The van der Waals surface area contributed by atoms with Gasteiger partial charge in [0.05, 0.1) is 0 Å². The van der Waals surface area contributed by atoms with Crippen molar-refractivity contribution in [2.75, 3.05) is 10.6 Å². The molecule has 0 bridgehead atoms. The van der Waals surface area contributed by atoms with Crippen LogP contribution in [0.25, 0.3) is 0 Å². The number of carbonyl (C=O) groups excluding carboxylic acids is 2. The summed E-state index contributed by atoms with van der Waals surface area (Å²) in [4.78, 5) is 22.7. The summed E-state index contributed by atoms with van der Waals surface area (Å²) in [7, 11) is 0. The number of ether oxygens (including phenoxy) is 1. The van der Waals surface area contributed by atoms with Gasteiger partial charge in [0.2, 0.25) is 0 Å². The summed E-state index contributed by atoms with van der Waals surface area (Å²) >= 11 is 0. The Morgan fingerprint density at radius 3 is 1.96 bits per heavy atom. The zero-order chi connectivity index (χ0) is 16.8. The van der Waals surface area contributed by atoms with Gasteiger partial charge >= 0.3 is 12.6 Å². The Morgan fingerprint density at radius 1 is 0.913 bits per heavy atom. The average Bonchev–Trinajstić information content (AvgIpc) is 2.49. The van der Waals surface area contributed by atoms with Crippen LogP contribution in [0.4, 0.5) is 25.0 Å². The van der Waals surface area contributed by atoms with Gasteiger partial charge in [-0.05, 0) is 48.5 Å². The van der Waals surface area contributed by atoms with Crippen LogP contribution in [0.1, 0.15) is 10.4 Å². The van der Waals surface area contributed by atoms with E-state index in [9.17, 15) is 18.4 Å². The van der Waals surface area contributed by atoms with E-state index >= 15 is 0 Å². The molecule has 0 fully saturated rings. The van der Waals surface area contributed by atoms with E-state index in [-0.39, 0.29) is 5.75 Å². The van der Waals surface area contributed by atoms with Crippen molar-refractivity contribution in [1.29, 1.82) is 0 Å². The van der Waals surface area contributed by atoms with Crippen molar-refractivity contribution < 1.29 is 23.1 Å². The minimum Gasteiger partial charge on any atom is -0.435 e. The van der Waals surface area contributed by atoms with Crippen LogP contribution in [0, 0.1) is 0 Å². The first-order valence-corrected chi connectivity index (χ1v) is 6.47. The third kappa shape index (κ3) is 4.95. The zero-order valence-corrected chi connectivity index (χ0v) is 11.8. The van der Waals surface area contributed by atoms with E-state index in [0.717, 1.165) is 0 Å². The van der Waals surface area contributed by atoms with E-state index in [2.05, 4.69) is 15.4 Å². The number of halogens is 2. The second-order valence-corrected chi connectivity index (χ2v) is 4.42. The number of nitrogens with two attached hydrogens (primary N) is 1. The summed E-state index contributed by atoms with van der Waals surface area (Å²) < 4.78 is 28.3. The number of alkyl halides is 2. The largest absolute Gasteiger partial charge is 0.435 e. The van der Waals surface area contributed by atoms with E-state index < -0.39 is 18.5 Å². The standard InChI is InChI=1S/C15H13F2N3O3/c16-14(17)23-12-7-5-10(6-8-12)19-13(21)9-1-3-11(4-2-9)20-15(18)22/h1-8,14H,(H,19,21)(H3,18,20,22). The lowest BCUT2D eigenvalue weighted by Crippen LogP contribution is -2.19. The molecule has 0 unspecified atom stereocenters. The average molecular weight is 321 g/mol. The Kier molecular flexibility index (Phi) is 5.08. The topological polar surface area (TPSA) is 93.5 Å². The number of urea groups is 1. The molecule has 0 atom stereocenters. The second kappa shape index (κ2) is 7.21. The van der Waals surface area contributed by atoms with E-state index in [1.165, 1.54) is 48.5 Å². The molecule has 120 valence electrons. The van der Waals surface area contributed by atoms with Gasteiger partial charge in [0, 0.05) is 16.9 Å². The molecule has 0 aliphatic rings. The Labute approximate surface area is 130 Å². The fourth-order valence-electron chi connectivity index (χ4n) is 1.77. The van der Waals surface area contributed by atoms with E-state index in [1.807, 2.05) is 0 Å². The fraction of sp³-hybridized carbons (Fsp3) is 0.0667. The molecule has 3 amide bonds. The normalized spacial score (nSPS) is 10.2. The van der Waals surface area contributed by atoms with Crippen molar-refractivity contribution in [1.82, 2.24) is 0 Å². The van der Waals surface area contributed by atoms with Crippen molar-refractivity contribution >= 4 is 23.3 Å². The fourth-order valence-corrected chi connectivity index (χ4v) is 1.77. The molecule has 2 aromatic rings. The number of rotatable bonds is 5. The first-order chi connectivity index (χ1) is 10.9. The maximum absolute atomic E-state index is 12.0. The molecule has 4 N–H and O–H groups in total. The molecule has 6 nitrogen and oxygen atoms in total. The number of nitrogens with one attached hydrogen (secondary N) is 2. The molecule has 0 aliphatic heterocycles. The van der Waals surface area contributed by atoms with Gasteiger partial charge in [-0.25, -0.2) is 4.79 Å². The van der Waals surface area contributed by atoms with Gasteiger partial charge in [-0.2, -0.15) is 8.78 Å². The van der Waals surface area contributed by atoms with Crippen LogP contribution in [-0.2, 0) is 0 Å². The summed E-state index contributed by atoms with van der Waals surface area (Å²) in [6.45, 7) is -2.90. The molecular weight excluding hydrogens is 308 g/mol. The predicted octanol–water partition coefficient (Wildman–Crippen LogP) is 3.03. The van der Waals surface area contributed by atoms with Gasteiger partial charge in [-0.15, -0.1) is 0 Å². The highest BCUT2D eigenvalue weighted by molar-refractivity contribution is 6.04. The van der Waals surface area contributed by atoms with Crippen molar-refractivity contribution in [2.45, 2.75) is 6.61 Å². The van der Waals surface area contributed by atoms with Crippen molar-refractivity contribution in [3.05, 3.63) is 54.1 Å². The summed E-state index contributed by atoms with van der Waals surface area (Å²) in [5.41, 5.74) is 6.22. The number of hydrogen-bond donors (Lipinski definition) is 3. The predicted molar refractivity (Wildman–Crippen MR) is 80.7 cm³/mol. The summed E-state index contributed by atoms with van der Waals surface area (Å²) in [5, 5.41) is 4.98. The summed E-state index contributed by atoms with van der Waals surface area (Å²) in [6.07, 6.45) is 0. The molecule has 0 spiro atoms. The van der Waals surface area contributed by atoms with E-state index in [1.54, 1.807) is 0 Å². The van der Waals surface area contributed by atoms with Crippen LogP contribution in [0.5, 0.6) is 5.75 Å². The van der Waals surface area contributed by atoms with Crippen molar-refractivity contribution in [2.24, 2.45) is 5.73 Å². The van der Waals surface area contributed by atoms with Crippen LogP contribution in [0.3, 0.4) is 0 Å². The number of primary amides is 1. The first-order valence-electron chi connectivity index (χ1n) is 6.47. The number of benzene rings is 2. The van der Waals surface area contributed by atoms with Gasteiger partial charge in [-0.3, -0.25) is 4.79 Å². The monoisotopic (exact) mass is 321 g/mol. The Hall–Kier alpha value is -3.16. The van der Waals surface area contributed by atoms with E-state index in [0.29, 0.717) is 16.9 Å². The van der Waals surface area contributed by atoms with Crippen LogP contribution >= 0.6 is 0 Å². The third-order valence-corrected chi connectivity index (χ3v) is 2.75. The van der Waals surface area contributed by atoms with Crippen molar-refractivity contribution in [3.8, 4) is 5.75 Å². The molecule has 0 saturated heterocycles. The Balaban J connectivity index is 1.99. The maximum atomic E-state index is 12.0. The van der Waals surface area contributed by atoms with Gasteiger partial charge in [0.1, 0.15) is 5.75 Å². The first kappa shape index (κ1) is 16.2. The Morgan fingerprint density at radius 2 is 1.43 bits per heavy atom. The molecule has 0 aliphatic carbocycles. The molecule has 0 radical (unpaired) electrons. The molecule has 2 aromatic carbocycles. The molecule has 8 heteroatoms. The molecule has 0 heterocycles. The smallest absolute Gasteiger partial charge is 0.387 e. The lowest BCUT2D eigenvalue weighted by molar-refractivity contribution is -0.0498. The maximum Gasteiger partial charge on any atom is 0.387 e. The third-order valence-electron chi connectivity index (χ3n) is 2.75. The minimum atomic E-state index is -2.90. The van der Waals surface area contributed by atoms with E-state index in [4.69, 9.17) is 5.73 Å². The van der Waals surface area contributed by atoms with Gasteiger partial charge < -0.3 is 21.1 Å². The van der Waals surface area contributed by atoms with Crippen LogP contribution in [-0.4, -0.2) is 18.5 Å². The minimum absolute atomic E-state index is 0.000113. The SMILES string of the molecule is NC(=O)Nc1ccc(C(=O)Nc2ccc(OC(F)F)cc2)cc1. The van der Waals surface area contributed by atoms with Crippen LogP contribution in [0.2, 0.25) is 0 Å². The number of hydrogen-bond acceptors (Lipinski definition) is 3. The number of anilines is 2. The summed E-state index contributed by atoms with van der Waals surface area (Å²) in [5.74, 6) is -0.391. The Bertz CT molecular complexity index is 688. The van der Waals surface area contributed by atoms with Crippen molar-refractivity contribution in [3.63, 3.8) is 0 Å². The zero-order valence-electron chi connectivity index (χ0n) is 11.8. The van der Waals surface area contributed by atoms with Crippen LogP contribution in [0.15, 0.2) is 48.5 Å². The molecule has 2 rings (SSSR count). The quantitative estimate of drug-likeness (QED) is 0.790. The lowest BCUT2D eigenvalue weighted by Gasteiger charge is -2.08. The molecular formula is C15H13F2N3O3. The number of amides is 3. The second-order valence-electron chi connectivity index (χ2n) is 4.42. The van der Waals surface area contributed by atoms with Gasteiger partial charge in [0.15, 0.2) is 0 Å². The number of carbonyl (C=O) groups is 2.